The van der Waals surface area contributed by atoms with E-state index >= 15 is 0 Å². The highest BCUT2D eigenvalue weighted by Gasteiger charge is 2.20. The molecular weight excluding hydrogens is 278 g/mol. The van der Waals surface area contributed by atoms with Crippen LogP contribution in [0.3, 0.4) is 0 Å². The van der Waals surface area contributed by atoms with Crippen LogP contribution in [0.5, 0.6) is 0 Å². The molecule has 0 amide bonds. The minimum absolute atomic E-state index is 0.0854. The second-order valence-electron chi connectivity index (χ2n) is 5.92. The maximum absolute atomic E-state index is 6.00. The van der Waals surface area contributed by atoms with Gasteiger partial charge in [0, 0.05) is 25.2 Å². The molecule has 1 unspecified atom stereocenters. The summed E-state index contributed by atoms with van der Waals surface area (Å²) in [5.74, 6) is 1.68. The van der Waals surface area contributed by atoms with Crippen molar-refractivity contribution in [1.82, 2.24) is 14.8 Å². The van der Waals surface area contributed by atoms with Gasteiger partial charge >= 0.3 is 0 Å². The molecule has 5 nitrogen and oxygen atoms in total. The largest absolute Gasteiger partial charge is 0.457 e. The molecule has 5 heteroatoms. The van der Waals surface area contributed by atoms with Crippen molar-refractivity contribution in [2.45, 2.75) is 32.3 Å². The van der Waals surface area contributed by atoms with E-state index in [1.807, 2.05) is 31.4 Å². The Morgan fingerprint density at radius 1 is 1.27 bits per heavy atom. The van der Waals surface area contributed by atoms with E-state index in [0.29, 0.717) is 0 Å². The quantitative estimate of drug-likeness (QED) is 0.722. The van der Waals surface area contributed by atoms with E-state index in [-0.39, 0.29) is 6.10 Å². The average molecular weight is 297 g/mol. The van der Waals surface area contributed by atoms with E-state index < -0.39 is 0 Å². The van der Waals surface area contributed by atoms with E-state index in [0.717, 1.165) is 53.3 Å². The van der Waals surface area contributed by atoms with Gasteiger partial charge in [0.2, 0.25) is 0 Å². The molecule has 0 aromatic carbocycles. The predicted octanol–water partition coefficient (Wildman–Crippen LogP) is 3.78. The van der Waals surface area contributed by atoms with Gasteiger partial charge in [-0.05, 0) is 49.9 Å². The molecule has 4 heterocycles. The van der Waals surface area contributed by atoms with Gasteiger partial charge in [-0.2, -0.15) is 5.10 Å². The molecule has 0 bridgehead atoms. The molecule has 3 aromatic heterocycles. The third kappa shape index (κ3) is 2.31. The lowest BCUT2D eigenvalue weighted by Gasteiger charge is -2.20. The summed E-state index contributed by atoms with van der Waals surface area (Å²) < 4.78 is 13.6. The summed E-state index contributed by atoms with van der Waals surface area (Å²) in [5.41, 5.74) is 2.73. The fourth-order valence-electron chi connectivity index (χ4n) is 3.02. The number of hydrogen-bond donors (Lipinski definition) is 0. The van der Waals surface area contributed by atoms with Crippen molar-refractivity contribution in [3.63, 3.8) is 0 Å². The van der Waals surface area contributed by atoms with Crippen molar-refractivity contribution < 1.29 is 9.15 Å². The van der Waals surface area contributed by atoms with Crippen LogP contribution in [0.15, 0.2) is 28.8 Å². The molecule has 4 rings (SSSR count). The first-order chi connectivity index (χ1) is 10.7. The van der Waals surface area contributed by atoms with Crippen LogP contribution in [0.4, 0.5) is 0 Å². The van der Waals surface area contributed by atoms with Crippen molar-refractivity contribution in [2.75, 3.05) is 6.61 Å². The number of fused-ring (bicyclic) bond motifs is 1. The average Bonchev–Trinajstić information content (AvgIpc) is 3.14. The van der Waals surface area contributed by atoms with Crippen molar-refractivity contribution in [2.24, 2.45) is 7.05 Å². The Labute approximate surface area is 128 Å². The van der Waals surface area contributed by atoms with Crippen molar-refractivity contribution in [3.05, 3.63) is 35.7 Å². The van der Waals surface area contributed by atoms with Gasteiger partial charge in [0.05, 0.1) is 0 Å². The van der Waals surface area contributed by atoms with Crippen LogP contribution in [-0.2, 0) is 11.8 Å². The fraction of sp³-hybridized carbons (Fsp3) is 0.412. The molecule has 1 aliphatic rings. The van der Waals surface area contributed by atoms with Crippen LogP contribution in [0.25, 0.3) is 22.5 Å². The second kappa shape index (κ2) is 5.25. The van der Waals surface area contributed by atoms with Crippen LogP contribution in [0.2, 0.25) is 0 Å². The lowest BCUT2D eigenvalue weighted by atomic mass is 10.1. The Bertz CT molecular complexity index is 813. The lowest BCUT2D eigenvalue weighted by molar-refractivity contribution is 0.00221. The van der Waals surface area contributed by atoms with E-state index in [4.69, 9.17) is 9.15 Å². The number of furan rings is 1. The zero-order chi connectivity index (χ0) is 15.1. The van der Waals surface area contributed by atoms with Gasteiger partial charge in [0.25, 0.3) is 0 Å². The summed E-state index contributed by atoms with van der Waals surface area (Å²) in [5, 5.41) is 5.47. The molecule has 0 radical (unpaired) electrons. The smallest absolute Gasteiger partial charge is 0.182 e. The molecule has 0 N–H and O–H groups in total. The highest BCUT2D eigenvalue weighted by Crippen LogP contribution is 2.32. The van der Waals surface area contributed by atoms with Crippen molar-refractivity contribution >= 4 is 11.0 Å². The molecule has 114 valence electrons. The number of aromatic nitrogens is 3. The van der Waals surface area contributed by atoms with E-state index in [1.54, 1.807) is 4.68 Å². The number of pyridine rings is 1. The van der Waals surface area contributed by atoms with Gasteiger partial charge in [0.1, 0.15) is 17.6 Å². The monoisotopic (exact) mass is 297 g/mol. The van der Waals surface area contributed by atoms with Gasteiger partial charge in [-0.1, -0.05) is 0 Å². The molecule has 22 heavy (non-hydrogen) atoms. The highest BCUT2D eigenvalue weighted by atomic mass is 16.5. The van der Waals surface area contributed by atoms with Crippen molar-refractivity contribution in [3.8, 4) is 11.5 Å². The fourth-order valence-corrected chi connectivity index (χ4v) is 3.02. The molecule has 0 saturated carbocycles. The SMILES string of the molecule is Cc1cc(-c2ccc(C3CCCCO3)o2)nc2nn(C)cc12. The number of hydrogen-bond acceptors (Lipinski definition) is 4. The Hall–Kier alpha value is -2.14. The zero-order valence-electron chi connectivity index (χ0n) is 12.9. The van der Waals surface area contributed by atoms with E-state index in [2.05, 4.69) is 17.0 Å². The molecule has 1 aliphatic heterocycles. The van der Waals surface area contributed by atoms with Crippen molar-refractivity contribution in [1.29, 1.82) is 0 Å². The Balaban J connectivity index is 1.71. The van der Waals surface area contributed by atoms with Gasteiger partial charge in [0.15, 0.2) is 11.4 Å². The number of aryl methyl sites for hydroxylation is 2. The predicted molar refractivity (Wildman–Crippen MR) is 83.5 cm³/mol. The van der Waals surface area contributed by atoms with Crippen LogP contribution < -0.4 is 0 Å². The normalized spacial score (nSPS) is 18.9. The molecule has 1 saturated heterocycles. The van der Waals surface area contributed by atoms with Gasteiger partial charge in [-0.15, -0.1) is 0 Å². The summed E-state index contributed by atoms with van der Waals surface area (Å²) in [6, 6.07) is 6.03. The number of rotatable bonds is 2. The first-order valence-corrected chi connectivity index (χ1v) is 7.73. The highest BCUT2D eigenvalue weighted by molar-refractivity contribution is 5.80. The maximum atomic E-state index is 6.00. The zero-order valence-corrected chi connectivity index (χ0v) is 12.9. The summed E-state index contributed by atoms with van der Waals surface area (Å²) in [6.07, 6.45) is 5.44. The molecule has 3 aromatic rings. The van der Waals surface area contributed by atoms with Gasteiger partial charge in [-0.25, -0.2) is 4.98 Å². The van der Waals surface area contributed by atoms with E-state index in [1.165, 1.54) is 6.42 Å². The van der Waals surface area contributed by atoms with Crippen LogP contribution in [0, 0.1) is 6.92 Å². The summed E-state index contributed by atoms with van der Waals surface area (Å²) >= 11 is 0. The topological polar surface area (TPSA) is 53.1 Å². The third-order valence-electron chi connectivity index (χ3n) is 4.19. The third-order valence-corrected chi connectivity index (χ3v) is 4.19. The first kappa shape index (κ1) is 13.5. The standard InChI is InChI=1S/C17H19N3O2/c1-11-9-13(18-17-12(11)10-20(2)19-17)14-6-7-16(22-14)15-5-3-4-8-21-15/h6-7,9-10,15H,3-5,8H2,1-2H3. The maximum Gasteiger partial charge on any atom is 0.182 e. The minimum Gasteiger partial charge on any atom is -0.457 e. The van der Waals surface area contributed by atoms with Gasteiger partial charge < -0.3 is 9.15 Å². The summed E-state index contributed by atoms with van der Waals surface area (Å²) in [4.78, 5) is 4.62. The second-order valence-corrected chi connectivity index (χ2v) is 5.92. The number of nitrogens with zero attached hydrogens (tertiary/aromatic N) is 3. The minimum atomic E-state index is 0.0854. The first-order valence-electron chi connectivity index (χ1n) is 7.73. The van der Waals surface area contributed by atoms with E-state index in [9.17, 15) is 0 Å². The van der Waals surface area contributed by atoms with Crippen LogP contribution in [0.1, 0.15) is 36.7 Å². The molecule has 1 fully saturated rings. The van der Waals surface area contributed by atoms with Gasteiger partial charge in [-0.3, -0.25) is 4.68 Å². The Kier molecular flexibility index (Phi) is 3.22. The summed E-state index contributed by atoms with van der Waals surface area (Å²) in [7, 11) is 1.91. The number of ether oxygens (including phenoxy) is 1. The van der Waals surface area contributed by atoms with Crippen LogP contribution in [-0.4, -0.2) is 21.4 Å². The molecule has 0 spiro atoms. The molecule has 1 atom stereocenters. The molecule has 0 aliphatic carbocycles. The summed E-state index contributed by atoms with van der Waals surface area (Å²) in [6.45, 7) is 2.89. The Morgan fingerprint density at radius 2 is 2.18 bits per heavy atom. The lowest BCUT2D eigenvalue weighted by Crippen LogP contribution is -2.10. The van der Waals surface area contributed by atoms with Crippen LogP contribution >= 0.6 is 0 Å². The molecular formula is C17H19N3O2. The Morgan fingerprint density at radius 3 is 3.00 bits per heavy atom.